The molecule has 3 N–H and O–H groups in total. The molecule has 2 rings (SSSR count). The summed E-state index contributed by atoms with van der Waals surface area (Å²) in [7, 11) is 0. The number of halogens is 1. The summed E-state index contributed by atoms with van der Waals surface area (Å²) in [5.41, 5.74) is 6.49. The monoisotopic (exact) mass is 308 g/mol. The second-order valence-electron chi connectivity index (χ2n) is 3.52. The number of nitrogens with two attached hydrogens (primary N) is 1. The van der Waals surface area contributed by atoms with Crippen molar-refractivity contribution < 1.29 is 4.74 Å². The Morgan fingerprint density at radius 2 is 2.17 bits per heavy atom. The minimum Gasteiger partial charge on any atom is -0.494 e. The molecule has 1 aromatic carbocycles. The molecule has 0 saturated heterocycles. The zero-order valence-corrected chi connectivity index (χ0v) is 11.4. The van der Waals surface area contributed by atoms with E-state index < -0.39 is 0 Å². The highest BCUT2D eigenvalue weighted by molar-refractivity contribution is 9.10. The van der Waals surface area contributed by atoms with Gasteiger partial charge in [-0.15, -0.1) is 0 Å². The second-order valence-corrected chi connectivity index (χ2v) is 4.34. The van der Waals surface area contributed by atoms with Crippen molar-refractivity contribution in [3.63, 3.8) is 0 Å². The van der Waals surface area contributed by atoms with E-state index in [0.29, 0.717) is 23.0 Å². The van der Waals surface area contributed by atoms with Gasteiger partial charge in [0.1, 0.15) is 16.2 Å². The van der Waals surface area contributed by atoms with Crippen LogP contribution in [0.3, 0.4) is 0 Å². The third kappa shape index (κ3) is 3.33. The van der Waals surface area contributed by atoms with E-state index in [4.69, 9.17) is 10.5 Å². The highest BCUT2D eigenvalue weighted by Gasteiger charge is 2.02. The fourth-order valence-corrected chi connectivity index (χ4v) is 1.85. The zero-order valence-electron chi connectivity index (χ0n) is 9.85. The van der Waals surface area contributed by atoms with Crippen LogP contribution in [-0.2, 0) is 0 Å². The van der Waals surface area contributed by atoms with Gasteiger partial charge in [-0.05, 0) is 35.0 Å². The van der Waals surface area contributed by atoms with Crippen LogP contribution in [-0.4, -0.2) is 16.6 Å². The molecule has 0 atom stereocenters. The van der Waals surface area contributed by atoms with Gasteiger partial charge in [0, 0.05) is 17.8 Å². The van der Waals surface area contributed by atoms with E-state index >= 15 is 0 Å². The summed E-state index contributed by atoms with van der Waals surface area (Å²) in [6.07, 6.45) is 0. The van der Waals surface area contributed by atoms with Gasteiger partial charge in [-0.1, -0.05) is 6.07 Å². The van der Waals surface area contributed by atoms with Gasteiger partial charge in [-0.2, -0.15) is 4.98 Å². The van der Waals surface area contributed by atoms with Crippen LogP contribution in [0.2, 0.25) is 0 Å². The Labute approximate surface area is 114 Å². The molecule has 0 unspecified atom stereocenters. The van der Waals surface area contributed by atoms with Gasteiger partial charge in [-0.3, -0.25) is 0 Å². The minimum absolute atomic E-state index is 0.403. The number of hydrogen-bond donors (Lipinski definition) is 2. The van der Waals surface area contributed by atoms with Crippen molar-refractivity contribution in [1.29, 1.82) is 0 Å². The molecule has 0 saturated carbocycles. The lowest BCUT2D eigenvalue weighted by molar-refractivity contribution is 0.340. The average molecular weight is 309 g/mol. The predicted octanol–water partition coefficient (Wildman–Crippen LogP) is 2.96. The summed E-state index contributed by atoms with van der Waals surface area (Å²) in [4.78, 5) is 8.27. The number of aromatic nitrogens is 2. The van der Waals surface area contributed by atoms with Gasteiger partial charge in [0.25, 0.3) is 0 Å². The van der Waals surface area contributed by atoms with Crippen LogP contribution in [0.25, 0.3) is 0 Å². The van der Waals surface area contributed by atoms with Crippen molar-refractivity contribution in [1.82, 2.24) is 9.97 Å². The summed E-state index contributed by atoms with van der Waals surface area (Å²) in [6, 6.07) is 9.22. The summed E-state index contributed by atoms with van der Waals surface area (Å²) < 4.78 is 6.05. The first-order chi connectivity index (χ1) is 8.67. The molecule has 94 valence electrons. The van der Waals surface area contributed by atoms with Crippen molar-refractivity contribution in [3.05, 3.63) is 34.9 Å². The summed E-state index contributed by atoms with van der Waals surface area (Å²) in [5, 5.41) is 3.07. The summed E-state index contributed by atoms with van der Waals surface area (Å²) >= 11 is 3.27. The molecule has 6 heteroatoms. The van der Waals surface area contributed by atoms with Crippen molar-refractivity contribution in [2.75, 3.05) is 17.7 Å². The van der Waals surface area contributed by atoms with Gasteiger partial charge >= 0.3 is 0 Å². The molecule has 1 aromatic heterocycles. The standard InChI is InChI=1S/C12H13BrN4O/c1-2-18-9-5-3-4-8(6-9)15-12-16-10(13)7-11(14)17-12/h3-7H,2H2,1H3,(H3,14,15,16,17). The highest BCUT2D eigenvalue weighted by atomic mass is 79.9. The number of rotatable bonds is 4. The molecule has 0 bridgehead atoms. The number of nitrogens with one attached hydrogen (secondary N) is 1. The SMILES string of the molecule is CCOc1cccc(Nc2nc(N)cc(Br)n2)c1. The number of ether oxygens (including phenoxy) is 1. The second kappa shape index (κ2) is 5.68. The van der Waals surface area contributed by atoms with Crippen LogP contribution < -0.4 is 15.8 Å². The van der Waals surface area contributed by atoms with Gasteiger partial charge in [0.2, 0.25) is 5.95 Å². The Hall–Kier alpha value is -1.82. The van der Waals surface area contributed by atoms with Gasteiger partial charge < -0.3 is 15.8 Å². The fraction of sp³-hybridized carbons (Fsp3) is 0.167. The minimum atomic E-state index is 0.403. The van der Waals surface area contributed by atoms with Gasteiger partial charge in [0.15, 0.2) is 0 Å². The van der Waals surface area contributed by atoms with Crippen LogP contribution in [0.4, 0.5) is 17.5 Å². The normalized spacial score (nSPS) is 10.1. The Bertz CT molecular complexity index is 527. The van der Waals surface area contributed by atoms with E-state index in [9.17, 15) is 0 Å². The molecule has 1 heterocycles. The molecule has 5 nitrogen and oxygen atoms in total. The first-order valence-electron chi connectivity index (χ1n) is 5.47. The van der Waals surface area contributed by atoms with E-state index in [2.05, 4.69) is 31.2 Å². The van der Waals surface area contributed by atoms with E-state index in [-0.39, 0.29) is 0 Å². The summed E-state index contributed by atoms with van der Waals surface area (Å²) in [5.74, 6) is 1.64. The maximum atomic E-state index is 5.64. The van der Waals surface area contributed by atoms with Crippen molar-refractivity contribution in [3.8, 4) is 5.75 Å². The van der Waals surface area contributed by atoms with Gasteiger partial charge in [-0.25, -0.2) is 4.98 Å². The number of benzene rings is 1. The number of nitrogens with zero attached hydrogens (tertiary/aromatic N) is 2. The summed E-state index contributed by atoms with van der Waals surface area (Å²) in [6.45, 7) is 2.57. The van der Waals surface area contributed by atoms with E-state index in [1.807, 2.05) is 31.2 Å². The molecule has 0 aliphatic rings. The molecule has 0 fully saturated rings. The highest BCUT2D eigenvalue weighted by Crippen LogP contribution is 2.21. The average Bonchev–Trinajstić information content (AvgIpc) is 2.28. The van der Waals surface area contributed by atoms with E-state index in [0.717, 1.165) is 11.4 Å². The van der Waals surface area contributed by atoms with E-state index in [1.54, 1.807) is 6.07 Å². The molecule has 0 spiro atoms. The maximum Gasteiger partial charge on any atom is 0.230 e. The topological polar surface area (TPSA) is 73.1 Å². The van der Waals surface area contributed by atoms with Crippen LogP contribution in [0.15, 0.2) is 34.9 Å². The van der Waals surface area contributed by atoms with Crippen LogP contribution in [0.5, 0.6) is 5.75 Å². The van der Waals surface area contributed by atoms with Crippen molar-refractivity contribution in [2.45, 2.75) is 6.92 Å². The molecule has 0 amide bonds. The fourth-order valence-electron chi connectivity index (χ4n) is 1.45. The predicted molar refractivity (Wildman–Crippen MR) is 75.0 cm³/mol. The number of anilines is 3. The lowest BCUT2D eigenvalue weighted by atomic mass is 10.3. The zero-order chi connectivity index (χ0) is 13.0. The Balaban J connectivity index is 2.20. The lowest BCUT2D eigenvalue weighted by Crippen LogP contribution is -2.01. The molecule has 18 heavy (non-hydrogen) atoms. The Morgan fingerprint density at radius 1 is 1.33 bits per heavy atom. The molecule has 0 aliphatic carbocycles. The first-order valence-corrected chi connectivity index (χ1v) is 6.26. The van der Waals surface area contributed by atoms with Crippen LogP contribution >= 0.6 is 15.9 Å². The number of nitrogen functional groups attached to an aromatic ring is 1. The quantitative estimate of drug-likeness (QED) is 0.850. The smallest absolute Gasteiger partial charge is 0.230 e. The molecule has 0 radical (unpaired) electrons. The largest absolute Gasteiger partial charge is 0.494 e. The van der Waals surface area contributed by atoms with Gasteiger partial charge in [0.05, 0.1) is 6.61 Å². The number of hydrogen-bond acceptors (Lipinski definition) is 5. The van der Waals surface area contributed by atoms with Crippen molar-refractivity contribution >= 4 is 33.4 Å². The molecular formula is C12H13BrN4O. The Kier molecular flexibility index (Phi) is 3.99. The lowest BCUT2D eigenvalue weighted by Gasteiger charge is -2.08. The Morgan fingerprint density at radius 3 is 2.89 bits per heavy atom. The van der Waals surface area contributed by atoms with E-state index in [1.165, 1.54) is 0 Å². The molecule has 0 aliphatic heterocycles. The van der Waals surface area contributed by atoms with Crippen LogP contribution in [0, 0.1) is 0 Å². The third-order valence-electron chi connectivity index (χ3n) is 2.12. The molecule has 2 aromatic rings. The third-order valence-corrected chi connectivity index (χ3v) is 2.52. The van der Waals surface area contributed by atoms with Crippen molar-refractivity contribution in [2.24, 2.45) is 0 Å². The molecular weight excluding hydrogens is 296 g/mol. The first kappa shape index (κ1) is 12.6. The maximum absolute atomic E-state index is 5.64. The van der Waals surface area contributed by atoms with Crippen LogP contribution in [0.1, 0.15) is 6.92 Å².